The Labute approximate surface area is 140 Å². The highest BCUT2D eigenvalue weighted by Gasteiger charge is 2.30. The van der Waals surface area contributed by atoms with Gasteiger partial charge in [-0.3, -0.25) is 0 Å². The molecule has 1 saturated heterocycles. The first-order valence-electron chi connectivity index (χ1n) is 7.07. The minimum Gasteiger partial charge on any atom is -0.316 e. The predicted molar refractivity (Wildman–Crippen MR) is 90.9 cm³/mol. The van der Waals surface area contributed by atoms with Gasteiger partial charge in [0, 0.05) is 17.5 Å². The molecular weight excluding hydrogens is 325 g/mol. The molecule has 0 spiro atoms. The van der Waals surface area contributed by atoms with E-state index in [2.05, 4.69) is 17.4 Å². The third kappa shape index (κ3) is 3.07. The molecule has 1 N–H and O–H groups in total. The van der Waals surface area contributed by atoms with Crippen LogP contribution in [0.1, 0.15) is 29.4 Å². The fourth-order valence-electron chi connectivity index (χ4n) is 3.14. The van der Waals surface area contributed by atoms with Crippen LogP contribution in [0.5, 0.6) is 0 Å². The van der Waals surface area contributed by atoms with Crippen LogP contribution in [0, 0.1) is 0 Å². The van der Waals surface area contributed by atoms with Crippen LogP contribution >= 0.6 is 34.8 Å². The molecule has 1 aliphatic rings. The fourth-order valence-corrected chi connectivity index (χ4v) is 3.86. The summed E-state index contributed by atoms with van der Waals surface area (Å²) in [4.78, 5) is 0. The van der Waals surface area contributed by atoms with Gasteiger partial charge in [0.25, 0.3) is 0 Å². The largest absolute Gasteiger partial charge is 0.316 e. The standard InChI is InChI=1S/C17H16Cl3N/c18-15-6-2-1-4-12(15)14-10-21-9-8-11(14)13-5-3-7-16(19)17(13)20/h1-7,11,14,21H,8-10H2. The predicted octanol–water partition coefficient (Wildman–Crippen LogP) is 5.51. The molecule has 21 heavy (non-hydrogen) atoms. The minimum atomic E-state index is 0.309. The van der Waals surface area contributed by atoms with Gasteiger partial charge >= 0.3 is 0 Å². The lowest BCUT2D eigenvalue weighted by Crippen LogP contribution is -2.34. The van der Waals surface area contributed by atoms with Crippen LogP contribution in [0.2, 0.25) is 15.1 Å². The van der Waals surface area contributed by atoms with Gasteiger partial charge in [0.2, 0.25) is 0 Å². The zero-order valence-electron chi connectivity index (χ0n) is 11.5. The third-order valence-electron chi connectivity index (χ3n) is 4.17. The zero-order chi connectivity index (χ0) is 14.8. The average Bonchev–Trinajstić information content (AvgIpc) is 2.51. The average molecular weight is 341 g/mol. The molecule has 1 nitrogen and oxygen atoms in total. The number of piperidine rings is 1. The van der Waals surface area contributed by atoms with E-state index in [1.807, 2.05) is 30.3 Å². The summed E-state index contributed by atoms with van der Waals surface area (Å²) in [7, 11) is 0. The van der Waals surface area contributed by atoms with Crippen LogP contribution in [-0.4, -0.2) is 13.1 Å². The van der Waals surface area contributed by atoms with Gasteiger partial charge in [0.1, 0.15) is 0 Å². The maximum Gasteiger partial charge on any atom is 0.0627 e. The lowest BCUT2D eigenvalue weighted by atomic mass is 9.77. The van der Waals surface area contributed by atoms with E-state index < -0.39 is 0 Å². The highest BCUT2D eigenvalue weighted by molar-refractivity contribution is 6.42. The molecule has 0 aromatic heterocycles. The molecule has 4 heteroatoms. The molecule has 2 aromatic rings. The lowest BCUT2D eigenvalue weighted by Gasteiger charge is -2.34. The van der Waals surface area contributed by atoms with Crippen molar-refractivity contribution < 1.29 is 0 Å². The Morgan fingerprint density at radius 1 is 0.810 bits per heavy atom. The molecule has 0 radical (unpaired) electrons. The molecule has 2 aromatic carbocycles. The van der Waals surface area contributed by atoms with E-state index in [4.69, 9.17) is 34.8 Å². The Morgan fingerprint density at radius 3 is 2.33 bits per heavy atom. The fraction of sp³-hybridized carbons (Fsp3) is 0.294. The number of hydrogen-bond donors (Lipinski definition) is 1. The molecule has 0 aliphatic carbocycles. The third-order valence-corrected chi connectivity index (χ3v) is 5.35. The second-order valence-corrected chi connectivity index (χ2v) is 6.56. The lowest BCUT2D eigenvalue weighted by molar-refractivity contribution is 0.404. The summed E-state index contributed by atoms with van der Waals surface area (Å²) >= 11 is 19.0. The van der Waals surface area contributed by atoms with Gasteiger partial charge < -0.3 is 5.32 Å². The molecule has 2 unspecified atom stereocenters. The first-order valence-corrected chi connectivity index (χ1v) is 8.21. The smallest absolute Gasteiger partial charge is 0.0627 e. The summed E-state index contributed by atoms with van der Waals surface area (Å²) in [6.45, 7) is 1.88. The Bertz CT molecular complexity index is 642. The van der Waals surface area contributed by atoms with Crippen molar-refractivity contribution in [1.82, 2.24) is 5.32 Å². The van der Waals surface area contributed by atoms with Gasteiger partial charge in [-0.05, 0) is 42.1 Å². The monoisotopic (exact) mass is 339 g/mol. The molecule has 0 saturated carbocycles. The first-order chi connectivity index (χ1) is 10.2. The van der Waals surface area contributed by atoms with Gasteiger partial charge in [-0.2, -0.15) is 0 Å². The van der Waals surface area contributed by atoms with E-state index in [1.54, 1.807) is 0 Å². The number of nitrogens with one attached hydrogen (secondary N) is 1. The van der Waals surface area contributed by atoms with E-state index in [1.165, 1.54) is 5.56 Å². The van der Waals surface area contributed by atoms with Crippen molar-refractivity contribution in [3.05, 3.63) is 68.7 Å². The number of benzene rings is 2. The van der Waals surface area contributed by atoms with Crippen LogP contribution in [0.3, 0.4) is 0 Å². The topological polar surface area (TPSA) is 12.0 Å². The van der Waals surface area contributed by atoms with Gasteiger partial charge in [0.05, 0.1) is 10.0 Å². The molecular formula is C17H16Cl3N. The Hall–Kier alpha value is -0.730. The van der Waals surface area contributed by atoms with Crippen molar-refractivity contribution in [3.63, 3.8) is 0 Å². The summed E-state index contributed by atoms with van der Waals surface area (Å²) in [6.07, 6.45) is 1.02. The summed E-state index contributed by atoms with van der Waals surface area (Å²) in [6, 6.07) is 13.9. The maximum atomic E-state index is 6.43. The van der Waals surface area contributed by atoms with Crippen molar-refractivity contribution in [2.45, 2.75) is 18.3 Å². The normalized spacial score (nSPS) is 22.2. The van der Waals surface area contributed by atoms with Gasteiger partial charge in [-0.15, -0.1) is 0 Å². The van der Waals surface area contributed by atoms with E-state index in [0.717, 1.165) is 30.1 Å². The molecule has 1 fully saturated rings. The molecule has 1 aliphatic heterocycles. The Kier molecular flexibility index (Phi) is 4.75. The summed E-state index contributed by atoms with van der Waals surface area (Å²) in [5.41, 5.74) is 2.29. The molecule has 3 rings (SSSR count). The first kappa shape index (κ1) is 15.2. The number of rotatable bonds is 2. The second kappa shape index (κ2) is 6.58. The van der Waals surface area contributed by atoms with Gasteiger partial charge in [-0.1, -0.05) is 65.1 Å². The number of halogens is 3. The highest BCUT2D eigenvalue weighted by Crippen LogP contribution is 2.43. The van der Waals surface area contributed by atoms with Crippen molar-refractivity contribution in [2.24, 2.45) is 0 Å². The SMILES string of the molecule is Clc1ccccc1C1CNCCC1c1cccc(Cl)c1Cl. The summed E-state index contributed by atoms with van der Waals surface area (Å²) in [5, 5.41) is 5.56. The summed E-state index contributed by atoms with van der Waals surface area (Å²) < 4.78 is 0. The Morgan fingerprint density at radius 2 is 1.52 bits per heavy atom. The molecule has 0 amide bonds. The van der Waals surface area contributed by atoms with Crippen LogP contribution in [0.4, 0.5) is 0 Å². The minimum absolute atomic E-state index is 0.309. The molecule has 110 valence electrons. The molecule has 0 bridgehead atoms. The van der Waals surface area contributed by atoms with Crippen molar-refractivity contribution >= 4 is 34.8 Å². The second-order valence-electron chi connectivity index (χ2n) is 5.37. The highest BCUT2D eigenvalue weighted by atomic mass is 35.5. The van der Waals surface area contributed by atoms with Crippen molar-refractivity contribution in [2.75, 3.05) is 13.1 Å². The van der Waals surface area contributed by atoms with Crippen molar-refractivity contribution in [1.29, 1.82) is 0 Å². The van der Waals surface area contributed by atoms with E-state index >= 15 is 0 Å². The molecule has 1 heterocycles. The van der Waals surface area contributed by atoms with E-state index in [0.29, 0.717) is 21.9 Å². The zero-order valence-corrected chi connectivity index (χ0v) is 13.7. The van der Waals surface area contributed by atoms with Crippen molar-refractivity contribution in [3.8, 4) is 0 Å². The molecule has 2 atom stereocenters. The van der Waals surface area contributed by atoms with Crippen LogP contribution in [0.25, 0.3) is 0 Å². The maximum absolute atomic E-state index is 6.43. The van der Waals surface area contributed by atoms with Crippen LogP contribution < -0.4 is 5.32 Å². The van der Waals surface area contributed by atoms with Gasteiger partial charge in [-0.25, -0.2) is 0 Å². The van der Waals surface area contributed by atoms with Gasteiger partial charge in [0.15, 0.2) is 0 Å². The van der Waals surface area contributed by atoms with E-state index in [-0.39, 0.29) is 0 Å². The van der Waals surface area contributed by atoms with E-state index in [9.17, 15) is 0 Å². The number of hydrogen-bond acceptors (Lipinski definition) is 1. The quantitative estimate of drug-likeness (QED) is 0.760. The van der Waals surface area contributed by atoms with Crippen LogP contribution in [-0.2, 0) is 0 Å². The summed E-state index contributed by atoms with van der Waals surface area (Å²) in [5.74, 6) is 0.640. The Balaban J connectivity index is 2.03. The van der Waals surface area contributed by atoms with Crippen LogP contribution in [0.15, 0.2) is 42.5 Å².